The Bertz CT molecular complexity index is 1530. The van der Waals surface area contributed by atoms with E-state index < -0.39 is 16.1 Å². The van der Waals surface area contributed by atoms with Crippen molar-refractivity contribution < 1.29 is 13.2 Å². The molecule has 0 bridgehead atoms. The van der Waals surface area contributed by atoms with E-state index in [1.807, 2.05) is 55.8 Å². The van der Waals surface area contributed by atoms with Crippen LogP contribution >= 0.6 is 11.3 Å². The summed E-state index contributed by atoms with van der Waals surface area (Å²) in [5.41, 5.74) is 3.18. The van der Waals surface area contributed by atoms with Gasteiger partial charge in [0, 0.05) is 11.6 Å². The van der Waals surface area contributed by atoms with Crippen LogP contribution in [0.25, 0.3) is 21.8 Å². The Labute approximate surface area is 206 Å². The molecule has 180 valence electrons. The molecule has 4 aromatic rings. The number of nitrogens with zero attached hydrogens (tertiary/aromatic N) is 2. The zero-order valence-corrected chi connectivity index (χ0v) is 20.8. The average molecular weight is 510 g/mol. The second-order valence-corrected chi connectivity index (χ2v) is 10.8. The molecule has 2 aromatic heterocycles. The van der Waals surface area contributed by atoms with Crippen LogP contribution in [0.5, 0.6) is 0 Å². The number of rotatable bonds is 6. The number of hydrogen-bond acceptors (Lipinski definition) is 7. The molecular formula is C24H23N5O4S2. The van der Waals surface area contributed by atoms with E-state index >= 15 is 0 Å². The Hall–Kier alpha value is -3.83. The molecule has 35 heavy (non-hydrogen) atoms. The van der Waals surface area contributed by atoms with Crippen molar-refractivity contribution in [3.05, 3.63) is 82.1 Å². The number of sulfonamides is 1. The summed E-state index contributed by atoms with van der Waals surface area (Å²) in [6, 6.07) is 16.0. The van der Waals surface area contributed by atoms with Crippen molar-refractivity contribution in [3.63, 3.8) is 0 Å². The van der Waals surface area contributed by atoms with Gasteiger partial charge in [0.15, 0.2) is 5.13 Å². The van der Waals surface area contributed by atoms with Crippen LogP contribution in [0.4, 0.5) is 9.93 Å². The predicted octanol–water partition coefficient (Wildman–Crippen LogP) is 4.50. The molecule has 4 rings (SSSR count). The first-order chi connectivity index (χ1) is 16.6. The Morgan fingerprint density at radius 3 is 2.37 bits per heavy atom. The number of hydrogen-bond donors (Lipinski definition) is 3. The molecule has 0 unspecified atom stereocenters. The molecule has 2 amide bonds. The zero-order valence-electron chi connectivity index (χ0n) is 19.2. The Kier molecular flexibility index (Phi) is 6.81. The first kappa shape index (κ1) is 24.3. The number of aromatic nitrogens is 3. The maximum Gasteiger partial charge on any atom is 0.334 e. The van der Waals surface area contributed by atoms with Crippen LogP contribution in [0.3, 0.4) is 0 Å². The fraction of sp³-hybridized carbons (Fsp3) is 0.167. The molecule has 0 saturated heterocycles. The Balaban J connectivity index is 1.70. The largest absolute Gasteiger partial charge is 0.334 e. The van der Waals surface area contributed by atoms with Gasteiger partial charge in [-0.3, -0.25) is 10.1 Å². The molecule has 2 heterocycles. The fourth-order valence-corrected chi connectivity index (χ4v) is 5.29. The van der Waals surface area contributed by atoms with Gasteiger partial charge in [0.2, 0.25) is 0 Å². The summed E-state index contributed by atoms with van der Waals surface area (Å²) in [7, 11) is -4.06. The van der Waals surface area contributed by atoms with E-state index in [1.54, 1.807) is 12.1 Å². The van der Waals surface area contributed by atoms with Crippen molar-refractivity contribution in [2.75, 3.05) is 5.32 Å². The summed E-state index contributed by atoms with van der Waals surface area (Å²) in [4.78, 5) is 29.6. The molecule has 11 heteroatoms. The third-order valence-electron chi connectivity index (χ3n) is 5.13. The minimum absolute atomic E-state index is 0.00452. The van der Waals surface area contributed by atoms with E-state index in [1.165, 1.54) is 18.2 Å². The van der Waals surface area contributed by atoms with E-state index in [0.717, 1.165) is 28.0 Å². The van der Waals surface area contributed by atoms with Gasteiger partial charge in [-0.25, -0.2) is 28.0 Å². The van der Waals surface area contributed by atoms with Crippen molar-refractivity contribution in [2.24, 2.45) is 0 Å². The zero-order chi connectivity index (χ0) is 25.2. The van der Waals surface area contributed by atoms with Crippen molar-refractivity contribution in [3.8, 4) is 21.8 Å². The maximum absolute atomic E-state index is 12.6. The van der Waals surface area contributed by atoms with E-state index in [0.29, 0.717) is 16.3 Å². The van der Waals surface area contributed by atoms with E-state index in [9.17, 15) is 18.0 Å². The molecule has 3 N–H and O–H groups in total. The van der Waals surface area contributed by atoms with Crippen molar-refractivity contribution in [1.29, 1.82) is 0 Å². The molecule has 0 saturated carbocycles. The molecule has 0 spiro atoms. The second kappa shape index (κ2) is 9.80. The molecule has 0 aliphatic heterocycles. The minimum Gasteiger partial charge on any atom is -0.283 e. The van der Waals surface area contributed by atoms with Crippen LogP contribution in [0, 0.1) is 6.92 Å². The van der Waals surface area contributed by atoms with Gasteiger partial charge in [0.25, 0.3) is 15.6 Å². The van der Waals surface area contributed by atoms with Gasteiger partial charge in [-0.2, -0.15) is 5.10 Å². The number of benzene rings is 2. The standard InChI is InChI=1S/C24H23N5O4S2/c1-14(2)18-13-19(30)27-28-21(18)22-20(16-7-5-4-6-8-16)25-24(34-22)26-23(31)29-35(32,33)17-11-9-15(3)10-12-17/h4-14H,1-3H3,(H,27,30)(H2,25,26,29,31). The van der Waals surface area contributed by atoms with E-state index in [4.69, 9.17) is 0 Å². The topological polar surface area (TPSA) is 134 Å². The number of H-pyrrole nitrogens is 1. The minimum atomic E-state index is -4.06. The number of urea groups is 1. The Morgan fingerprint density at radius 2 is 1.71 bits per heavy atom. The molecule has 0 aliphatic rings. The highest BCUT2D eigenvalue weighted by Gasteiger charge is 2.23. The number of nitrogens with one attached hydrogen (secondary N) is 3. The quantitative estimate of drug-likeness (QED) is 0.350. The maximum atomic E-state index is 12.6. The lowest BCUT2D eigenvalue weighted by atomic mass is 10.00. The highest BCUT2D eigenvalue weighted by atomic mass is 32.2. The molecule has 2 aromatic carbocycles. The number of thiazole rings is 1. The van der Waals surface area contributed by atoms with E-state index in [2.05, 4.69) is 20.5 Å². The van der Waals surface area contributed by atoms with Crippen molar-refractivity contribution in [2.45, 2.75) is 31.6 Å². The van der Waals surface area contributed by atoms with Gasteiger partial charge < -0.3 is 0 Å². The molecule has 9 nitrogen and oxygen atoms in total. The average Bonchev–Trinajstić information content (AvgIpc) is 3.22. The number of amides is 2. The lowest BCUT2D eigenvalue weighted by Gasteiger charge is -2.10. The summed E-state index contributed by atoms with van der Waals surface area (Å²) in [5.74, 6) is 0.00452. The fourth-order valence-electron chi connectivity index (χ4n) is 3.39. The van der Waals surface area contributed by atoms with Crippen LogP contribution in [0.1, 0.15) is 30.9 Å². The van der Waals surface area contributed by atoms with Crippen molar-refractivity contribution in [1.82, 2.24) is 19.9 Å². The number of carbonyl (C=O) groups excluding carboxylic acids is 1. The molecule has 0 fully saturated rings. The van der Waals surface area contributed by atoms with E-state index in [-0.39, 0.29) is 21.5 Å². The third kappa shape index (κ3) is 5.47. The van der Waals surface area contributed by atoms with Crippen molar-refractivity contribution >= 4 is 32.5 Å². The summed E-state index contributed by atoms with van der Waals surface area (Å²) in [6.45, 7) is 5.74. The van der Waals surface area contributed by atoms with Gasteiger partial charge in [0.05, 0.1) is 15.5 Å². The highest BCUT2D eigenvalue weighted by molar-refractivity contribution is 7.90. The van der Waals surface area contributed by atoms with Crippen LogP contribution in [-0.2, 0) is 10.0 Å². The summed E-state index contributed by atoms with van der Waals surface area (Å²) < 4.78 is 27.2. The van der Waals surface area contributed by atoms with Crippen LogP contribution in [0.2, 0.25) is 0 Å². The lowest BCUT2D eigenvalue weighted by molar-refractivity contribution is 0.256. The number of aromatic amines is 1. The van der Waals surface area contributed by atoms with Crippen LogP contribution < -0.4 is 15.6 Å². The molecule has 0 atom stereocenters. The predicted molar refractivity (Wildman–Crippen MR) is 136 cm³/mol. The summed E-state index contributed by atoms with van der Waals surface area (Å²) >= 11 is 1.13. The summed E-state index contributed by atoms with van der Waals surface area (Å²) in [6.07, 6.45) is 0. The number of aryl methyl sites for hydroxylation is 1. The third-order valence-corrected chi connectivity index (χ3v) is 7.45. The monoisotopic (exact) mass is 509 g/mol. The van der Waals surface area contributed by atoms with Gasteiger partial charge >= 0.3 is 6.03 Å². The first-order valence-electron chi connectivity index (χ1n) is 10.7. The Morgan fingerprint density at radius 1 is 1.03 bits per heavy atom. The van der Waals surface area contributed by atoms with Gasteiger partial charge in [-0.15, -0.1) is 0 Å². The SMILES string of the molecule is Cc1ccc(S(=O)(=O)NC(=O)Nc2nc(-c3ccccc3)c(-c3n[nH]c(=O)cc3C(C)C)s2)cc1. The van der Waals surface area contributed by atoms with Crippen LogP contribution in [0.15, 0.2) is 70.4 Å². The first-order valence-corrected chi connectivity index (χ1v) is 13.0. The van der Waals surface area contributed by atoms with Gasteiger partial charge in [-0.1, -0.05) is 73.2 Å². The molecule has 0 radical (unpaired) electrons. The molecule has 0 aliphatic carbocycles. The smallest absolute Gasteiger partial charge is 0.283 e. The van der Waals surface area contributed by atoms with Crippen LogP contribution in [-0.4, -0.2) is 29.6 Å². The second-order valence-electron chi connectivity index (χ2n) is 8.13. The lowest BCUT2D eigenvalue weighted by Crippen LogP contribution is -2.34. The normalized spacial score (nSPS) is 11.4. The number of carbonyl (C=O) groups is 1. The number of anilines is 1. The van der Waals surface area contributed by atoms with Gasteiger partial charge in [0.1, 0.15) is 5.69 Å². The highest BCUT2D eigenvalue weighted by Crippen LogP contribution is 2.40. The summed E-state index contributed by atoms with van der Waals surface area (Å²) in [5, 5.41) is 9.43. The van der Waals surface area contributed by atoms with Gasteiger partial charge in [-0.05, 0) is 30.5 Å². The molecular weight excluding hydrogens is 486 g/mol.